The molecule has 0 bridgehead atoms. The van der Waals surface area contributed by atoms with E-state index in [1.54, 1.807) is 24.3 Å². The number of piperazine rings is 1. The van der Waals surface area contributed by atoms with Crippen LogP contribution in [0.5, 0.6) is 0 Å². The number of amides is 1. The van der Waals surface area contributed by atoms with Gasteiger partial charge in [-0.25, -0.2) is 0 Å². The number of benzene rings is 2. The average molecular weight is 429 g/mol. The smallest absolute Gasteiger partial charge is 0.326 e. The number of hydrogen-bond acceptors (Lipinski definition) is 3. The minimum absolute atomic E-state index is 0.0281. The standard InChI is InChI=1S/C24H26F3N3O/c1-3-18-6-5-7-19(14-18)15-23(31)28-21-9-8-20(22(16-21)24(25,26)27)17-30-12-10-29(4-2)11-13-30/h1,5-9,14,16H,4,10-13,15,17H2,2H3,(H,28,31). The first-order valence-corrected chi connectivity index (χ1v) is 10.3. The molecule has 4 nitrogen and oxygen atoms in total. The Hall–Kier alpha value is -2.82. The van der Waals surface area contributed by atoms with Gasteiger partial charge >= 0.3 is 6.18 Å². The number of anilines is 1. The van der Waals surface area contributed by atoms with Gasteiger partial charge in [0.05, 0.1) is 12.0 Å². The van der Waals surface area contributed by atoms with Crippen LogP contribution in [-0.2, 0) is 23.9 Å². The fourth-order valence-electron chi connectivity index (χ4n) is 3.72. The van der Waals surface area contributed by atoms with Gasteiger partial charge in [0, 0.05) is 44.0 Å². The lowest BCUT2D eigenvalue weighted by molar-refractivity contribution is -0.138. The van der Waals surface area contributed by atoms with Crippen molar-refractivity contribution in [3.8, 4) is 12.3 Å². The van der Waals surface area contributed by atoms with Gasteiger partial charge in [-0.1, -0.05) is 31.0 Å². The zero-order valence-electron chi connectivity index (χ0n) is 17.5. The molecule has 2 aromatic carbocycles. The van der Waals surface area contributed by atoms with E-state index in [0.717, 1.165) is 38.8 Å². The van der Waals surface area contributed by atoms with Crippen molar-refractivity contribution in [1.29, 1.82) is 0 Å². The summed E-state index contributed by atoms with van der Waals surface area (Å²) in [5, 5.41) is 2.57. The third-order valence-electron chi connectivity index (χ3n) is 5.46. The van der Waals surface area contributed by atoms with Gasteiger partial charge in [0.2, 0.25) is 5.91 Å². The molecule has 1 N–H and O–H groups in total. The molecule has 164 valence electrons. The van der Waals surface area contributed by atoms with E-state index in [1.807, 2.05) is 4.90 Å². The van der Waals surface area contributed by atoms with Crippen molar-refractivity contribution in [3.63, 3.8) is 0 Å². The van der Waals surface area contributed by atoms with Crippen LogP contribution in [0.25, 0.3) is 0 Å². The quantitative estimate of drug-likeness (QED) is 0.705. The topological polar surface area (TPSA) is 35.6 Å². The zero-order valence-corrected chi connectivity index (χ0v) is 17.5. The van der Waals surface area contributed by atoms with Crippen molar-refractivity contribution in [2.45, 2.75) is 26.1 Å². The fourth-order valence-corrected chi connectivity index (χ4v) is 3.72. The van der Waals surface area contributed by atoms with Crippen LogP contribution in [0.2, 0.25) is 0 Å². The first-order valence-electron chi connectivity index (χ1n) is 10.3. The summed E-state index contributed by atoms with van der Waals surface area (Å²) in [6, 6.07) is 11.0. The Morgan fingerprint density at radius 1 is 1.10 bits per heavy atom. The second-order valence-electron chi connectivity index (χ2n) is 7.65. The van der Waals surface area contributed by atoms with E-state index in [2.05, 4.69) is 23.1 Å². The van der Waals surface area contributed by atoms with Crippen molar-refractivity contribution >= 4 is 11.6 Å². The molecule has 31 heavy (non-hydrogen) atoms. The molecule has 0 radical (unpaired) electrons. The number of halogens is 3. The predicted molar refractivity (Wildman–Crippen MR) is 116 cm³/mol. The van der Waals surface area contributed by atoms with Crippen LogP contribution in [0.3, 0.4) is 0 Å². The third kappa shape index (κ3) is 6.33. The lowest BCUT2D eigenvalue weighted by Crippen LogP contribution is -2.45. The Balaban J connectivity index is 1.70. The number of nitrogens with one attached hydrogen (secondary N) is 1. The SMILES string of the molecule is C#Cc1cccc(CC(=O)Nc2ccc(CN3CCN(CC)CC3)c(C(F)(F)F)c2)c1. The maximum Gasteiger partial charge on any atom is 0.416 e. The average Bonchev–Trinajstić information content (AvgIpc) is 2.74. The van der Waals surface area contributed by atoms with Gasteiger partial charge < -0.3 is 10.2 Å². The number of alkyl halides is 3. The zero-order chi connectivity index (χ0) is 22.4. The van der Waals surface area contributed by atoms with E-state index in [-0.39, 0.29) is 24.2 Å². The summed E-state index contributed by atoms with van der Waals surface area (Å²) in [6.07, 6.45) is 0.893. The van der Waals surface area contributed by atoms with Gasteiger partial charge in [0.25, 0.3) is 0 Å². The highest BCUT2D eigenvalue weighted by Gasteiger charge is 2.34. The molecule has 7 heteroatoms. The summed E-state index contributed by atoms with van der Waals surface area (Å²) in [7, 11) is 0. The monoisotopic (exact) mass is 429 g/mol. The summed E-state index contributed by atoms with van der Waals surface area (Å²) >= 11 is 0. The second kappa shape index (κ2) is 9.99. The molecule has 2 aromatic rings. The van der Waals surface area contributed by atoms with Gasteiger partial charge in [0.1, 0.15) is 0 Å². The van der Waals surface area contributed by atoms with Gasteiger partial charge in [-0.15, -0.1) is 6.42 Å². The summed E-state index contributed by atoms with van der Waals surface area (Å²) in [5.74, 6) is 2.10. The fraction of sp³-hybridized carbons (Fsp3) is 0.375. The molecule has 0 aromatic heterocycles. The largest absolute Gasteiger partial charge is 0.416 e. The highest BCUT2D eigenvalue weighted by atomic mass is 19.4. The first kappa shape index (κ1) is 22.9. The Kier molecular flexibility index (Phi) is 7.37. The molecule has 1 saturated heterocycles. The van der Waals surface area contributed by atoms with Crippen LogP contribution in [0, 0.1) is 12.3 Å². The van der Waals surface area contributed by atoms with Crippen molar-refractivity contribution in [2.75, 3.05) is 38.0 Å². The number of likely N-dealkylation sites (N-methyl/N-ethyl adjacent to an activating group) is 1. The molecule has 0 unspecified atom stereocenters. The minimum Gasteiger partial charge on any atom is -0.326 e. The summed E-state index contributed by atoms with van der Waals surface area (Å²) < 4.78 is 41.1. The lowest BCUT2D eigenvalue weighted by Gasteiger charge is -2.34. The molecule has 0 atom stereocenters. The Labute approximate surface area is 181 Å². The highest BCUT2D eigenvalue weighted by Crippen LogP contribution is 2.34. The molecule has 1 fully saturated rings. The van der Waals surface area contributed by atoms with E-state index in [0.29, 0.717) is 11.1 Å². The maximum atomic E-state index is 13.7. The second-order valence-corrected chi connectivity index (χ2v) is 7.65. The van der Waals surface area contributed by atoms with E-state index in [4.69, 9.17) is 6.42 Å². The van der Waals surface area contributed by atoms with Gasteiger partial charge in [-0.3, -0.25) is 9.69 Å². The van der Waals surface area contributed by atoms with Crippen LogP contribution in [0.1, 0.15) is 29.2 Å². The van der Waals surface area contributed by atoms with Crippen molar-refractivity contribution in [1.82, 2.24) is 9.80 Å². The summed E-state index contributed by atoms with van der Waals surface area (Å²) in [4.78, 5) is 16.7. The predicted octanol–water partition coefficient (Wildman–Crippen LogP) is 4.01. The molecular weight excluding hydrogens is 403 g/mol. The number of terminal acetylenes is 1. The van der Waals surface area contributed by atoms with Crippen molar-refractivity contribution < 1.29 is 18.0 Å². The van der Waals surface area contributed by atoms with Crippen LogP contribution in [0.4, 0.5) is 18.9 Å². The van der Waals surface area contributed by atoms with E-state index in [9.17, 15) is 18.0 Å². The third-order valence-corrected chi connectivity index (χ3v) is 5.46. The van der Waals surface area contributed by atoms with E-state index in [1.165, 1.54) is 12.1 Å². The number of nitrogens with zero attached hydrogens (tertiary/aromatic N) is 2. The highest BCUT2D eigenvalue weighted by molar-refractivity contribution is 5.92. The Bertz CT molecular complexity index is 957. The normalized spacial score (nSPS) is 15.5. The number of hydrogen-bond donors (Lipinski definition) is 1. The summed E-state index contributed by atoms with van der Waals surface area (Å²) in [5.41, 5.74) is 0.986. The molecule has 1 aliphatic rings. The van der Waals surface area contributed by atoms with Crippen LogP contribution < -0.4 is 5.32 Å². The first-order chi connectivity index (χ1) is 14.8. The van der Waals surface area contributed by atoms with Crippen molar-refractivity contribution in [2.24, 2.45) is 0 Å². The van der Waals surface area contributed by atoms with Gasteiger partial charge in [-0.05, 0) is 41.9 Å². The molecule has 0 saturated carbocycles. The Morgan fingerprint density at radius 3 is 2.45 bits per heavy atom. The van der Waals surface area contributed by atoms with Crippen LogP contribution in [-0.4, -0.2) is 48.4 Å². The van der Waals surface area contributed by atoms with Gasteiger partial charge in [0.15, 0.2) is 0 Å². The van der Waals surface area contributed by atoms with E-state index < -0.39 is 17.6 Å². The van der Waals surface area contributed by atoms with Crippen LogP contribution >= 0.6 is 0 Å². The molecule has 1 amide bonds. The molecule has 0 aliphatic carbocycles. The molecule has 1 heterocycles. The van der Waals surface area contributed by atoms with Crippen molar-refractivity contribution in [3.05, 3.63) is 64.7 Å². The number of carbonyl (C=O) groups is 1. The molecule has 3 rings (SSSR count). The van der Waals surface area contributed by atoms with Crippen LogP contribution in [0.15, 0.2) is 42.5 Å². The number of carbonyl (C=O) groups excluding carboxylic acids is 1. The molecular formula is C24H26F3N3O. The van der Waals surface area contributed by atoms with E-state index >= 15 is 0 Å². The van der Waals surface area contributed by atoms with Gasteiger partial charge in [-0.2, -0.15) is 13.2 Å². The maximum absolute atomic E-state index is 13.7. The minimum atomic E-state index is -4.50. The molecule has 0 spiro atoms. The Morgan fingerprint density at radius 2 is 1.81 bits per heavy atom. The number of rotatable bonds is 6. The lowest BCUT2D eigenvalue weighted by atomic mass is 10.0. The molecule has 1 aliphatic heterocycles. The summed E-state index contributed by atoms with van der Waals surface area (Å²) in [6.45, 7) is 6.44.